The molecule has 1 aliphatic heterocycles. The highest BCUT2D eigenvalue weighted by atomic mass is 32.1. The van der Waals surface area contributed by atoms with Gasteiger partial charge in [0.1, 0.15) is 0 Å². The number of anilines is 1. The molecule has 0 amide bonds. The fraction of sp³-hybridized carbons (Fsp3) is 0.588. The van der Waals surface area contributed by atoms with Crippen molar-refractivity contribution in [3.63, 3.8) is 0 Å². The van der Waals surface area contributed by atoms with Gasteiger partial charge in [-0.05, 0) is 30.8 Å². The first-order valence-corrected chi connectivity index (χ1v) is 8.65. The SMILES string of the molecule is CCCCCCCCCNC(=S)Nc1ccc2c(c1)OCO2. The van der Waals surface area contributed by atoms with Gasteiger partial charge in [0, 0.05) is 18.3 Å². The molecule has 2 rings (SSSR count). The van der Waals surface area contributed by atoms with E-state index >= 15 is 0 Å². The number of ether oxygens (including phenoxy) is 2. The van der Waals surface area contributed by atoms with Gasteiger partial charge in [-0.25, -0.2) is 0 Å². The zero-order valence-electron chi connectivity index (χ0n) is 13.3. The van der Waals surface area contributed by atoms with Crippen LogP contribution in [-0.2, 0) is 0 Å². The number of fused-ring (bicyclic) bond motifs is 1. The first kappa shape index (κ1) is 16.9. The Hall–Kier alpha value is -1.49. The quantitative estimate of drug-likeness (QED) is 0.519. The molecule has 0 aromatic heterocycles. The van der Waals surface area contributed by atoms with Crippen molar-refractivity contribution in [2.75, 3.05) is 18.7 Å². The molecule has 5 heteroatoms. The summed E-state index contributed by atoms with van der Waals surface area (Å²) in [7, 11) is 0. The zero-order chi connectivity index (χ0) is 15.6. The number of benzene rings is 1. The van der Waals surface area contributed by atoms with Crippen LogP contribution in [0.3, 0.4) is 0 Å². The monoisotopic (exact) mass is 322 g/mol. The summed E-state index contributed by atoms with van der Waals surface area (Å²) < 4.78 is 10.6. The molecule has 1 aliphatic rings. The maximum absolute atomic E-state index is 5.35. The molecule has 0 fully saturated rings. The third-order valence-corrected chi connectivity index (χ3v) is 3.94. The van der Waals surface area contributed by atoms with E-state index in [1.165, 1.54) is 38.5 Å². The maximum Gasteiger partial charge on any atom is 0.231 e. The minimum atomic E-state index is 0.291. The van der Waals surface area contributed by atoms with Crippen molar-refractivity contribution < 1.29 is 9.47 Å². The Balaban J connectivity index is 1.56. The largest absolute Gasteiger partial charge is 0.454 e. The molecule has 1 aromatic rings. The van der Waals surface area contributed by atoms with E-state index in [9.17, 15) is 0 Å². The molecule has 1 heterocycles. The summed E-state index contributed by atoms with van der Waals surface area (Å²) in [6.07, 6.45) is 9.15. The fourth-order valence-electron chi connectivity index (χ4n) is 2.43. The number of nitrogens with one attached hydrogen (secondary N) is 2. The number of hydrogen-bond acceptors (Lipinski definition) is 3. The second kappa shape index (κ2) is 9.51. The molecule has 0 unspecified atom stereocenters. The minimum Gasteiger partial charge on any atom is -0.454 e. The van der Waals surface area contributed by atoms with Gasteiger partial charge in [0.05, 0.1) is 0 Å². The van der Waals surface area contributed by atoms with Crippen molar-refractivity contribution >= 4 is 23.0 Å². The molecule has 2 N–H and O–H groups in total. The molecule has 0 aliphatic carbocycles. The third kappa shape index (κ3) is 5.72. The van der Waals surface area contributed by atoms with E-state index in [0.29, 0.717) is 11.9 Å². The summed E-state index contributed by atoms with van der Waals surface area (Å²) in [6.45, 7) is 3.46. The van der Waals surface area contributed by atoms with Gasteiger partial charge < -0.3 is 20.1 Å². The molecule has 22 heavy (non-hydrogen) atoms. The van der Waals surface area contributed by atoms with Crippen molar-refractivity contribution in [3.05, 3.63) is 18.2 Å². The van der Waals surface area contributed by atoms with Crippen LogP contribution in [0.1, 0.15) is 51.9 Å². The van der Waals surface area contributed by atoms with E-state index in [1.54, 1.807) is 0 Å². The number of rotatable bonds is 9. The van der Waals surface area contributed by atoms with Crippen LogP contribution in [0.15, 0.2) is 18.2 Å². The van der Waals surface area contributed by atoms with Crippen LogP contribution in [0.5, 0.6) is 11.5 Å². The summed E-state index contributed by atoms with van der Waals surface area (Å²) >= 11 is 5.31. The van der Waals surface area contributed by atoms with E-state index in [1.807, 2.05) is 18.2 Å². The lowest BCUT2D eigenvalue weighted by Gasteiger charge is -2.11. The summed E-state index contributed by atoms with van der Waals surface area (Å²) in [4.78, 5) is 0. The molecule has 1 aromatic carbocycles. The highest BCUT2D eigenvalue weighted by Gasteiger charge is 2.13. The van der Waals surface area contributed by atoms with Crippen molar-refractivity contribution in [1.82, 2.24) is 5.32 Å². The molecule has 0 atom stereocenters. The van der Waals surface area contributed by atoms with Gasteiger partial charge in [-0.3, -0.25) is 0 Å². The van der Waals surface area contributed by atoms with Crippen molar-refractivity contribution in [3.8, 4) is 11.5 Å². The maximum atomic E-state index is 5.35. The second-order valence-corrected chi connectivity index (χ2v) is 5.98. The Morgan fingerprint density at radius 1 is 1.05 bits per heavy atom. The van der Waals surface area contributed by atoms with Gasteiger partial charge in [-0.15, -0.1) is 0 Å². The smallest absolute Gasteiger partial charge is 0.231 e. The van der Waals surface area contributed by atoms with Crippen LogP contribution >= 0.6 is 12.2 Å². The number of thiocarbonyl (C=S) groups is 1. The lowest BCUT2D eigenvalue weighted by atomic mass is 10.1. The molecule has 122 valence electrons. The van der Waals surface area contributed by atoms with E-state index in [0.717, 1.165) is 30.2 Å². The van der Waals surface area contributed by atoms with Gasteiger partial charge in [0.15, 0.2) is 16.6 Å². The summed E-state index contributed by atoms with van der Waals surface area (Å²) in [5.41, 5.74) is 0.918. The molecule has 4 nitrogen and oxygen atoms in total. The Morgan fingerprint density at radius 3 is 2.59 bits per heavy atom. The third-order valence-electron chi connectivity index (χ3n) is 3.70. The summed E-state index contributed by atoms with van der Waals surface area (Å²) in [5, 5.41) is 7.08. The molecular formula is C17H26N2O2S. The van der Waals surface area contributed by atoms with Crippen molar-refractivity contribution in [2.45, 2.75) is 51.9 Å². The van der Waals surface area contributed by atoms with Gasteiger partial charge in [-0.2, -0.15) is 0 Å². The second-order valence-electron chi connectivity index (χ2n) is 5.57. The summed E-state index contributed by atoms with van der Waals surface area (Å²) in [5.74, 6) is 1.55. The average molecular weight is 322 g/mol. The topological polar surface area (TPSA) is 42.5 Å². The number of hydrogen-bond donors (Lipinski definition) is 2. The van der Waals surface area contributed by atoms with Gasteiger partial charge in [0.25, 0.3) is 0 Å². The first-order chi connectivity index (χ1) is 10.8. The van der Waals surface area contributed by atoms with E-state index in [2.05, 4.69) is 17.6 Å². The minimum absolute atomic E-state index is 0.291. The lowest BCUT2D eigenvalue weighted by molar-refractivity contribution is 0.174. The van der Waals surface area contributed by atoms with E-state index in [4.69, 9.17) is 21.7 Å². The van der Waals surface area contributed by atoms with Crippen LogP contribution < -0.4 is 20.1 Å². The molecule has 0 bridgehead atoms. The molecular weight excluding hydrogens is 296 g/mol. The van der Waals surface area contributed by atoms with Crippen molar-refractivity contribution in [1.29, 1.82) is 0 Å². The normalized spacial score (nSPS) is 12.2. The average Bonchev–Trinajstić information content (AvgIpc) is 2.97. The summed E-state index contributed by atoms with van der Waals surface area (Å²) in [6, 6.07) is 5.74. The molecule has 0 spiro atoms. The van der Waals surface area contributed by atoms with Crippen LogP contribution in [0, 0.1) is 0 Å². The highest BCUT2D eigenvalue weighted by Crippen LogP contribution is 2.34. The van der Waals surface area contributed by atoms with Gasteiger partial charge in [-0.1, -0.05) is 45.4 Å². The van der Waals surface area contributed by atoms with Gasteiger partial charge in [0.2, 0.25) is 6.79 Å². The predicted octanol–water partition coefficient (Wildman–Crippen LogP) is 4.45. The van der Waals surface area contributed by atoms with E-state index < -0.39 is 0 Å². The van der Waals surface area contributed by atoms with Crippen molar-refractivity contribution in [2.24, 2.45) is 0 Å². The fourth-order valence-corrected chi connectivity index (χ4v) is 2.65. The van der Waals surface area contributed by atoms with Gasteiger partial charge >= 0.3 is 0 Å². The molecule has 0 saturated heterocycles. The Bertz CT molecular complexity index is 480. The Morgan fingerprint density at radius 2 is 1.77 bits per heavy atom. The molecule has 0 radical (unpaired) electrons. The van der Waals surface area contributed by atoms with Crippen LogP contribution in [0.2, 0.25) is 0 Å². The van der Waals surface area contributed by atoms with Crippen LogP contribution in [-0.4, -0.2) is 18.5 Å². The Kier molecular flexibility index (Phi) is 7.30. The number of unbranched alkanes of at least 4 members (excludes halogenated alkanes) is 6. The zero-order valence-corrected chi connectivity index (χ0v) is 14.1. The molecule has 0 saturated carbocycles. The standard InChI is InChI=1S/C17H26N2O2S/c1-2-3-4-5-6-7-8-11-18-17(22)19-14-9-10-15-16(12-14)21-13-20-15/h9-10,12H,2-8,11,13H2,1H3,(H2,18,19,22). The van der Waals surface area contributed by atoms with Crippen LogP contribution in [0.4, 0.5) is 5.69 Å². The first-order valence-electron chi connectivity index (χ1n) is 8.24. The highest BCUT2D eigenvalue weighted by molar-refractivity contribution is 7.80. The van der Waals surface area contributed by atoms with E-state index in [-0.39, 0.29) is 0 Å². The van der Waals surface area contributed by atoms with Crippen LogP contribution in [0.25, 0.3) is 0 Å². The lowest BCUT2D eigenvalue weighted by Crippen LogP contribution is -2.29. The Labute approximate surface area is 138 Å². The predicted molar refractivity (Wildman–Crippen MR) is 94.8 cm³/mol.